The molecule has 0 saturated heterocycles. The van der Waals surface area contributed by atoms with Gasteiger partial charge in [-0.1, -0.05) is 36.4 Å². The standard InChI is InChI=1S/C10H8NO2/c12-10(13)11-9-6-5-7-3-1-2-4-8(7)9/h1-6,9,11H. The lowest BCUT2D eigenvalue weighted by molar-refractivity contribution is 0.166. The van der Waals surface area contributed by atoms with Crippen molar-refractivity contribution in [3.8, 4) is 0 Å². The average molecular weight is 174 g/mol. The molecule has 13 heavy (non-hydrogen) atoms. The Morgan fingerprint density at radius 2 is 2.08 bits per heavy atom. The molecule has 1 N–H and O–H groups in total. The summed E-state index contributed by atoms with van der Waals surface area (Å²) in [5.74, 6) is 0. The monoisotopic (exact) mass is 174 g/mol. The topological polar surface area (TPSA) is 49.0 Å². The lowest BCUT2D eigenvalue weighted by Gasteiger charge is -2.08. The summed E-state index contributed by atoms with van der Waals surface area (Å²) in [6.07, 6.45) is 2.46. The van der Waals surface area contributed by atoms with Gasteiger partial charge < -0.3 is 5.32 Å². The molecule has 1 aromatic carbocycles. The van der Waals surface area contributed by atoms with Crippen molar-refractivity contribution in [2.45, 2.75) is 6.04 Å². The van der Waals surface area contributed by atoms with Gasteiger partial charge in [0.2, 0.25) is 0 Å². The van der Waals surface area contributed by atoms with Gasteiger partial charge in [-0.2, -0.15) is 0 Å². The van der Waals surface area contributed by atoms with Gasteiger partial charge in [-0.15, -0.1) is 0 Å². The number of fused-ring (bicyclic) bond motifs is 1. The van der Waals surface area contributed by atoms with E-state index in [2.05, 4.69) is 5.32 Å². The van der Waals surface area contributed by atoms with Crippen molar-refractivity contribution >= 4 is 12.2 Å². The van der Waals surface area contributed by atoms with Crippen LogP contribution in [0.15, 0.2) is 30.3 Å². The summed E-state index contributed by atoms with van der Waals surface area (Å²) in [6.45, 7) is 0. The summed E-state index contributed by atoms with van der Waals surface area (Å²) in [4.78, 5) is 10.3. The van der Waals surface area contributed by atoms with Crippen LogP contribution in [0, 0.1) is 0 Å². The van der Waals surface area contributed by atoms with Gasteiger partial charge in [0.25, 0.3) is 0 Å². The fourth-order valence-electron chi connectivity index (χ4n) is 1.50. The maximum absolute atomic E-state index is 10.3. The number of carbonyl (C=O) groups excluding carboxylic acids is 1. The maximum atomic E-state index is 10.3. The van der Waals surface area contributed by atoms with E-state index >= 15 is 0 Å². The van der Waals surface area contributed by atoms with Crippen molar-refractivity contribution in [3.05, 3.63) is 41.5 Å². The van der Waals surface area contributed by atoms with Gasteiger partial charge in [0.1, 0.15) is 0 Å². The van der Waals surface area contributed by atoms with Gasteiger partial charge in [-0.3, -0.25) is 0 Å². The minimum absolute atomic E-state index is 0.249. The molecule has 0 aromatic heterocycles. The van der Waals surface area contributed by atoms with Crippen molar-refractivity contribution in [1.82, 2.24) is 5.32 Å². The molecule has 1 radical (unpaired) electrons. The number of rotatable bonds is 1. The van der Waals surface area contributed by atoms with Crippen LogP contribution >= 0.6 is 0 Å². The van der Waals surface area contributed by atoms with Crippen LogP contribution in [0.2, 0.25) is 0 Å². The van der Waals surface area contributed by atoms with Gasteiger partial charge in [0.15, 0.2) is 0 Å². The second-order valence-electron chi connectivity index (χ2n) is 2.90. The van der Waals surface area contributed by atoms with E-state index in [4.69, 9.17) is 0 Å². The van der Waals surface area contributed by atoms with Gasteiger partial charge >= 0.3 is 6.09 Å². The zero-order valence-electron chi connectivity index (χ0n) is 6.86. The zero-order valence-corrected chi connectivity index (χ0v) is 6.86. The molecule has 1 aromatic rings. The van der Waals surface area contributed by atoms with Gasteiger partial charge in [0.05, 0.1) is 6.04 Å². The smallest absolute Gasteiger partial charge is 0.308 e. The van der Waals surface area contributed by atoms with Crippen molar-refractivity contribution in [2.24, 2.45) is 0 Å². The second kappa shape index (κ2) is 2.94. The van der Waals surface area contributed by atoms with E-state index in [-0.39, 0.29) is 6.04 Å². The van der Waals surface area contributed by atoms with Crippen LogP contribution in [-0.2, 0) is 5.11 Å². The van der Waals surface area contributed by atoms with Crippen molar-refractivity contribution in [2.75, 3.05) is 0 Å². The van der Waals surface area contributed by atoms with Gasteiger partial charge in [-0.05, 0) is 11.1 Å². The highest BCUT2D eigenvalue weighted by molar-refractivity contribution is 5.69. The SMILES string of the molecule is [O]C(=O)NC1C=Cc2ccccc21. The molecule has 0 aliphatic heterocycles. The third-order valence-electron chi connectivity index (χ3n) is 2.07. The molecule has 0 fully saturated rings. The summed E-state index contributed by atoms with van der Waals surface area (Å²) >= 11 is 0. The first-order chi connectivity index (χ1) is 6.27. The Morgan fingerprint density at radius 1 is 1.31 bits per heavy atom. The molecule has 0 bridgehead atoms. The molecule has 1 aliphatic carbocycles. The average Bonchev–Trinajstić information content (AvgIpc) is 2.48. The normalized spacial score (nSPS) is 18.3. The van der Waals surface area contributed by atoms with E-state index in [1.807, 2.05) is 30.3 Å². The Morgan fingerprint density at radius 3 is 2.85 bits per heavy atom. The van der Waals surface area contributed by atoms with E-state index in [1.54, 1.807) is 6.08 Å². The number of nitrogens with one attached hydrogen (secondary N) is 1. The molecule has 2 rings (SSSR count). The molecule has 0 spiro atoms. The lowest BCUT2D eigenvalue weighted by Crippen LogP contribution is -2.23. The fraction of sp³-hybridized carbons (Fsp3) is 0.100. The predicted octanol–water partition coefficient (Wildman–Crippen LogP) is 1.89. The molecule has 0 saturated carbocycles. The molecule has 1 unspecified atom stereocenters. The Labute approximate surface area is 75.7 Å². The first-order valence-electron chi connectivity index (χ1n) is 4.02. The van der Waals surface area contributed by atoms with Crippen LogP contribution in [-0.4, -0.2) is 6.09 Å². The first-order valence-corrected chi connectivity index (χ1v) is 4.02. The highest BCUT2D eigenvalue weighted by Gasteiger charge is 2.18. The van der Waals surface area contributed by atoms with E-state index in [1.165, 1.54) is 0 Å². The Hall–Kier alpha value is -1.77. The van der Waals surface area contributed by atoms with Gasteiger partial charge in [0, 0.05) is 0 Å². The van der Waals surface area contributed by atoms with Gasteiger partial charge in [-0.25, -0.2) is 9.90 Å². The van der Waals surface area contributed by atoms with Crippen molar-refractivity contribution in [3.63, 3.8) is 0 Å². The molecule has 1 atom stereocenters. The van der Waals surface area contributed by atoms with Crippen molar-refractivity contribution in [1.29, 1.82) is 0 Å². The van der Waals surface area contributed by atoms with E-state index in [9.17, 15) is 9.90 Å². The van der Waals surface area contributed by atoms with E-state index in [0.29, 0.717) is 0 Å². The molecule has 65 valence electrons. The number of carbonyl (C=O) groups is 1. The number of amides is 1. The molecular weight excluding hydrogens is 166 g/mol. The quantitative estimate of drug-likeness (QED) is 0.694. The molecule has 0 heterocycles. The highest BCUT2D eigenvalue weighted by Crippen LogP contribution is 2.27. The van der Waals surface area contributed by atoms with E-state index in [0.717, 1.165) is 11.1 Å². The third-order valence-corrected chi connectivity index (χ3v) is 2.07. The largest absolute Gasteiger partial charge is 0.451 e. The molecule has 3 nitrogen and oxygen atoms in total. The summed E-state index contributed by atoms with van der Waals surface area (Å²) in [6, 6.07) is 7.40. The molecule has 3 heteroatoms. The number of benzene rings is 1. The molecule has 1 aliphatic rings. The minimum Gasteiger partial charge on any atom is -0.308 e. The summed E-state index contributed by atoms with van der Waals surface area (Å²) < 4.78 is 0. The highest BCUT2D eigenvalue weighted by atomic mass is 16.4. The van der Waals surface area contributed by atoms with Crippen LogP contribution in [0.5, 0.6) is 0 Å². The Kier molecular flexibility index (Phi) is 1.77. The van der Waals surface area contributed by atoms with Crippen LogP contribution in [0.4, 0.5) is 4.79 Å². The molecular formula is C10H8NO2. The van der Waals surface area contributed by atoms with Crippen LogP contribution in [0.3, 0.4) is 0 Å². The summed E-state index contributed by atoms with van der Waals surface area (Å²) in [7, 11) is 0. The van der Waals surface area contributed by atoms with Crippen molar-refractivity contribution < 1.29 is 9.90 Å². The maximum Gasteiger partial charge on any atom is 0.451 e. The van der Waals surface area contributed by atoms with Crippen LogP contribution in [0.25, 0.3) is 6.08 Å². The van der Waals surface area contributed by atoms with E-state index < -0.39 is 6.09 Å². The van der Waals surface area contributed by atoms with Crippen LogP contribution < -0.4 is 5.32 Å². The Balaban J connectivity index is 2.28. The number of hydrogen-bond donors (Lipinski definition) is 1. The number of hydrogen-bond acceptors (Lipinski definition) is 1. The summed E-state index contributed by atoms with van der Waals surface area (Å²) in [5.41, 5.74) is 2.04. The Bertz CT molecular complexity index is 371. The fourth-order valence-corrected chi connectivity index (χ4v) is 1.50. The molecule has 1 amide bonds. The third kappa shape index (κ3) is 1.40. The first kappa shape index (κ1) is 7.86. The minimum atomic E-state index is -1.24. The summed E-state index contributed by atoms with van der Waals surface area (Å²) in [5, 5.41) is 12.6. The predicted molar refractivity (Wildman–Crippen MR) is 47.4 cm³/mol. The zero-order chi connectivity index (χ0) is 9.26. The van der Waals surface area contributed by atoms with Crippen LogP contribution in [0.1, 0.15) is 17.2 Å². The second-order valence-corrected chi connectivity index (χ2v) is 2.90. The lowest BCUT2D eigenvalue weighted by atomic mass is 10.1.